The first kappa shape index (κ1) is 13.5. The number of imidazole rings is 1. The van der Waals surface area contributed by atoms with E-state index in [0.717, 1.165) is 29.3 Å². The molecule has 1 aromatic carbocycles. The third-order valence-corrected chi connectivity index (χ3v) is 3.22. The molecule has 0 atom stereocenters. The number of para-hydroxylation sites is 1. The summed E-state index contributed by atoms with van der Waals surface area (Å²) in [5, 5.41) is 0. The van der Waals surface area contributed by atoms with Gasteiger partial charge in [-0.3, -0.25) is 0 Å². The zero-order valence-electron chi connectivity index (χ0n) is 12.0. The zero-order valence-corrected chi connectivity index (χ0v) is 12.0. The summed E-state index contributed by atoms with van der Waals surface area (Å²) in [6, 6.07) is 8.12. The summed E-state index contributed by atoms with van der Waals surface area (Å²) in [5.41, 5.74) is 8.03. The molecule has 0 amide bonds. The lowest BCUT2D eigenvalue weighted by atomic mass is 10.1. The Balaban J connectivity index is 2.63. The summed E-state index contributed by atoms with van der Waals surface area (Å²) in [4.78, 5) is 4.69. The molecule has 0 unspecified atom stereocenters. The van der Waals surface area contributed by atoms with Gasteiger partial charge in [0.2, 0.25) is 0 Å². The van der Waals surface area contributed by atoms with Crippen LogP contribution in [-0.2, 0) is 6.42 Å². The molecule has 0 fully saturated rings. The van der Waals surface area contributed by atoms with E-state index >= 15 is 0 Å². The Kier molecular flexibility index (Phi) is 3.79. The molecule has 4 heteroatoms. The summed E-state index contributed by atoms with van der Waals surface area (Å²) >= 11 is 0. The third kappa shape index (κ3) is 2.30. The molecule has 2 rings (SSSR count). The molecule has 0 bridgehead atoms. The van der Waals surface area contributed by atoms with E-state index in [1.807, 2.05) is 24.3 Å². The van der Waals surface area contributed by atoms with Crippen LogP contribution in [-0.4, -0.2) is 16.7 Å². The molecule has 0 aliphatic carbocycles. The Morgan fingerprint density at radius 1 is 1.32 bits per heavy atom. The minimum Gasteiger partial charge on any atom is -0.496 e. The fourth-order valence-corrected chi connectivity index (χ4v) is 2.36. The second-order valence-electron chi connectivity index (χ2n) is 4.78. The lowest BCUT2D eigenvalue weighted by Crippen LogP contribution is -2.08. The normalized spacial score (nSPS) is 11.0. The number of hydrogen-bond acceptors (Lipinski definition) is 3. The topological polar surface area (TPSA) is 53.1 Å². The number of methoxy groups -OCH3 is 1. The van der Waals surface area contributed by atoms with Crippen molar-refractivity contribution in [3.63, 3.8) is 0 Å². The first-order chi connectivity index (χ1) is 9.10. The van der Waals surface area contributed by atoms with Gasteiger partial charge in [-0.05, 0) is 26.0 Å². The molecular formula is C15H21N3O. The van der Waals surface area contributed by atoms with Crippen molar-refractivity contribution in [2.45, 2.75) is 33.2 Å². The van der Waals surface area contributed by atoms with Crippen molar-refractivity contribution in [2.24, 2.45) is 0 Å². The smallest absolute Gasteiger partial charge is 0.132 e. The Labute approximate surface area is 114 Å². The zero-order chi connectivity index (χ0) is 14.0. The van der Waals surface area contributed by atoms with E-state index < -0.39 is 0 Å². The molecule has 0 radical (unpaired) electrons. The summed E-state index contributed by atoms with van der Waals surface area (Å²) < 4.78 is 7.48. The fourth-order valence-electron chi connectivity index (χ4n) is 2.36. The van der Waals surface area contributed by atoms with Crippen LogP contribution in [0.3, 0.4) is 0 Å². The van der Waals surface area contributed by atoms with Crippen molar-refractivity contribution < 1.29 is 4.74 Å². The van der Waals surface area contributed by atoms with E-state index in [1.54, 1.807) is 7.11 Å². The highest BCUT2D eigenvalue weighted by atomic mass is 16.5. The van der Waals surface area contributed by atoms with E-state index in [-0.39, 0.29) is 0 Å². The van der Waals surface area contributed by atoms with Crippen LogP contribution in [0.15, 0.2) is 24.3 Å². The van der Waals surface area contributed by atoms with Gasteiger partial charge in [-0.2, -0.15) is 0 Å². The first-order valence-electron chi connectivity index (χ1n) is 6.60. The number of nitrogens with two attached hydrogens (primary N) is 1. The molecular weight excluding hydrogens is 238 g/mol. The maximum atomic E-state index is 6.28. The van der Waals surface area contributed by atoms with Crippen molar-refractivity contribution >= 4 is 5.82 Å². The quantitative estimate of drug-likeness (QED) is 0.916. The van der Waals surface area contributed by atoms with E-state index in [4.69, 9.17) is 10.5 Å². The van der Waals surface area contributed by atoms with Crippen LogP contribution in [0.2, 0.25) is 0 Å². The van der Waals surface area contributed by atoms with Crippen molar-refractivity contribution in [1.29, 1.82) is 0 Å². The van der Waals surface area contributed by atoms with Gasteiger partial charge >= 0.3 is 0 Å². The summed E-state index contributed by atoms with van der Waals surface area (Å²) in [6.45, 7) is 6.32. The number of aryl methyl sites for hydroxylation is 1. The Bertz CT molecular complexity index is 573. The molecule has 4 nitrogen and oxygen atoms in total. The molecule has 1 aromatic heterocycles. The molecule has 2 N–H and O–H groups in total. The number of hydrogen-bond donors (Lipinski definition) is 1. The summed E-state index contributed by atoms with van der Waals surface area (Å²) in [7, 11) is 1.66. The maximum absolute atomic E-state index is 6.28. The molecule has 0 aliphatic heterocycles. The predicted octanol–water partition coefficient (Wildman–Crippen LogP) is 3.28. The summed E-state index contributed by atoms with van der Waals surface area (Å²) in [5.74, 6) is 2.51. The molecule has 2 aromatic rings. The van der Waals surface area contributed by atoms with E-state index in [9.17, 15) is 0 Å². The second kappa shape index (κ2) is 5.34. The van der Waals surface area contributed by atoms with Crippen molar-refractivity contribution in [2.75, 3.05) is 12.8 Å². The average Bonchev–Trinajstić information content (AvgIpc) is 2.75. The molecule has 0 saturated heterocycles. The van der Waals surface area contributed by atoms with Gasteiger partial charge in [0.25, 0.3) is 0 Å². The first-order valence-corrected chi connectivity index (χ1v) is 6.60. The van der Waals surface area contributed by atoms with Gasteiger partial charge < -0.3 is 15.0 Å². The maximum Gasteiger partial charge on any atom is 0.132 e. The Morgan fingerprint density at radius 3 is 2.53 bits per heavy atom. The van der Waals surface area contributed by atoms with Gasteiger partial charge in [0.15, 0.2) is 0 Å². The van der Waals surface area contributed by atoms with Crippen LogP contribution in [0.25, 0.3) is 11.3 Å². The Morgan fingerprint density at radius 2 is 2.00 bits per heavy atom. The number of nitrogen functional groups attached to an aromatic ring is 1. The van der Waals surface area contributed by atoms with Crippen molar-refractivity contribution in [3.05, 3.63) is 30.1 Å². The number of aromatic nitrogens is 2. The molecule has 19 heavy (non-hydrogen) atoms. The van der Waals surface area contributed by atoms with E-state index in [2.05, 4.69) is 30.3 Å². The van der Waals surface area contributed by atoms with E-state index in [0.29, 0.717) is 11.9 Å². The number of nitrogens with zero attached hydrogens (tertiary/aromatic N) is 2. The number of benzene rings is 1. The lowest BCUT2D eigenvalue weighted by molar-refractivity contribution is 0.416. The second-order valence-corrected chi connectivity index (χ2v) is 4.78. The summed E-state index contributed by atoms with van der Waals surface area (Å²) in [6.07, 6.45) is 0.859. The highest BCUT2D eigenvalue weighted by Gasteiger charge is 2.19. The minimum absolute atomic E-state index is 0.297. The molecule has 0 aliphatic rings. The van der Waals surface area contributed by atoms with Gasteiger partial charge in [-0.15, -0.1) is 0 Å². The fraction of sp³-hybridized carbons (Fsp3) is 0.400. The third-order valence-electron chi connectivity index (χ3n) is 3.22. The van der Waals surface area contributed by atoms with Gasteiger partial charge in [0, 0.05) is 18.0 Å². The standard InChI is InChI=1S/C15H21N3O/c1-5-13-17-14(15(16)18(13)10(2)3)11-8-6-7-9-12(11)19-4/h6-10H,5,16H2,1-4H3. The van der Waals surface area contributed by atoms with Crippen LogP contribution in [0.1, 0.15) is 32.6 Å². The SMILES string of the molecule is CCc1nc(-c2ccccc2OC)c(N)n1C(C)C. The van der Waals surface area contributed by atoms with Gasteiger partial charge in [-0.1, -0.05) is 19.1 Å². The highest BCUT2D eigenvalue weighted by molar-refractivity contribution is 5.76. The number of ether oxygens (including phenoxy) is 1. The van der Waals surface area contributed by atoms with Gasteiger partial charge in [0.05, 0.1) is 7.11 Å². The van der Waals surface area contributed by atoms with Crippen LogP contribution in [0.4, 0.5) is 5.82 Å². The number of rotatable bonds is 4. The number of anilines is 1. The van der Waals surface area contributed by atoms with Gasteiger partial charge in [0.1, 0.15) is 23.1 Å². The van der Waals surface area contributed by atoms with Crippen molar-refractivity contribution in [1.82, 2.24) is 9.55 Å². The van der Waals surface area contributed by atoms with Crippen LogP contribution in [0, 0.1) is 0 Å². The largest absolute Gasteiger partial charge is 0.496 e. The molecule has 0 saturated carbocycles. The van der Waals surface area contributed by atoms with Gasteiger partial charge in [-0.25, -0.2) is 4.98 Å². The van der Waals surface area contributed by atoms with Crippen LogP contribution in [0.5, 0.6) is 5.75 Å². The monoisotopic (exact) mass is 259 g/mol. The molecule has 102 valence electrons. The minimum atomic E-state index is 0.297. The lowest BCUT2D eigenvalue weighted by Gasteiger charge is -2.13. The van der Waals surface area contributed by atoms with Crippen LogP contribution >= 0.6 is 0 Å². The molecule has 1 heterocycles. The molecule has 0 spiro atoms. The Hall–Kier alpha value is -1.97. The van der Waals surface area contributed by atoms with E-state index in [1.165, 1.54) is 0 Å². The predicted molar refractivity (Wildman–Crippen MR) is 78.4 cm³/mol. The highest BCUT2D eigenvalue weighted by Crippen LogP contribution is 2.34. The van der Waals surface area contributed by atoms with Crippen LogP contribution < -0.4 is 10.5 Å². The average molecular weight is 259 g/mol. The van der Waals surface area contributed by atoms with Crippen molar-refractivity contribution in [3.8, 4) is 17.0 Å².